The summed E-state index contributed by atoms with van der Waals surface area (Å²) in [5.74, 6) is 0.863. The molecule has 1 aliphatic rings. The molecule has 0 saturated carbocycles. The Morgan fingerprint density at radius 1 is 1.07 bits per heavy atom. The first-order valence-corrected chi connectivity index (χ1v) is 11.4. The lowest BCUT2D eigenvalue weighted by Crippen LogP contribution is -2.47. The van der Waals surface area contributed by atoms with Crippen LogP contribution < -0.4 is 0 Å². The predicted molar refractivity (Wildman–Crippen MR) is 122 cm³/mol. The Balaban J connectivity index is 1.25. The summed E-state index contributed by atoms with van der Waals surface area (Å²) >= 11 is 9.20. The van der Waals surface area contributed by atoms with Crippen LogP contribution in [0.15, 0.2) is 48.5 Å². The van der Waals surface area contributed by atoms with Crippen molar-refractivity contribution >= 4 is 49.9 Å². The highest BCUT2D eigenvalue weighted by Gasteiger charge is 2.19. The van der Waals surface area contributed by atoms with Crippen LogP contribution in [0.25, 0.3) is 10.2 Å². The monoisotopic (exact) mass is 413 g/mol. The molecule has 0 amide bonds. The fourth-order valence-corrected chi connectivity index (χ4v) is 5.45. The summed E-state index contributed by atoms with van der Waals surface area (Å²) in [6.07, 6.45) is 0. The van der Waals surface area contributed by atoms with Crippen LogP contribution in [0.4, 0.5) is 0 Å². The van der Waals surface area contributed by atoms with Crippen molar-refractivity contribution in [3.8, 4) is 0 Å². The minimum atomic E-state index is 0.863. The number of hydrogen-bond donors (Lipinski definition) is 0. The number of rotatable bonds is 4. The van der Waals surface area contributed by atoms with Crippen LogP contribution in [0.1, 0.15) is 16.1 Å². The lowest BCUT2D eigenvalue weighted by molar-refractivity contribution is 0.179. The number of aryl methyl sites for hydroxylation is 1. The van der Waals surface area contributed by atoms with E-state index in [1.54, 1.807) is 23.1 Å². The molecule has 0 aliphatic carbocycles. The van der Waals surface area contributed by atoms with Gasteiger partial charge in [0.1, 0.15) is 9.33 Å². The molecule has 0 bridgehead atoms. The summed E-state index contributed by atoms with van der Waals surface area (Å²) in [4.78, 5) is 9.57. The van der Waals surface area contributed by atoms with Gasteiger partial charge in [0.25, 0.3) is 0 Å². The first-order valence-electron chi connectivity index (χ1n) is 9.21. The summed E-state index contributed by atoms with van der Waals surface area (Å²) in [5, 5.41) is 1.15. The van der Waals surface area contributed by atoms with Gasteiger partial charge in [0.2, 0.25) is 0 Å². The second kappa shape index (κ2) is 8.69. The highest BCUT2D eigenvalue weighted by molar-refractivity contribution is 8.22. The van der Waals surface area contributed by atoms with E-state index < -0.39 is 0 Å². The molecule has 0 N–H and O–H groups in total. The minimum absolute atomic E-state index is 0.863. The Morgan fingerprint density at radius 2 is 1.81 bits per heavy atom. The van der Waals surface area contributed by atoms with E-state index in [9.17, 15) is 0 Å². The standard InChI is InChI=1S/C21H23N3S3/c1-16-6-8-17(9-7-16)14-23-10-12-24(13-11-23)21(25)26-15-20-22-18-4-2-3-5-19(18)27-20/h2-9H,10-15H2,1H3. The van der Waals surface area contributed by atoms with E-state index in [2.05, 4.69) is 59.2 Å². The lowest BCUT2D eigenvalue weighted by atomic mass is 10.1. The molecule has 0 atom stereocenters. The molecule has 4 rings (SSSR count). The molecule has 6 heteroatoms. The number of piperazine rings is 1. The molecule has 2 heterocycles. The summed E-state index contributed by atoms with van der Waals surface area (Å²) in [6.45, 7) is 7.32. The van der Waals surface area contributed by atoms with E-state index in [1.807, 2.05) is 6.07 Å². The van der Waals surface area contributed by atoms with E-state index in [0.29, 0.717) is 0 Å². The van der Waals surface area contributed by atoms with Gasteiger partial charge in [-0.3, -0.25) is 4.90 Å². The molecular weight excluding hydrogens is 390 g/mol. The van der Waals surface area contributed by atoms with Crippen LogP contribution in [0.2, 0.25) is 0 Å². The van der Waals surface area contributed by atoms with Crippen molar-refractivity contribution in [1.82, 2.24) is 14.8 Å². The largest absolute Gasteiger partial charge is 0.355 e. The van der Waals surface area contributed by atoms with E-state index >= 15 is 0 Å². The number of nitrogens with zero attached hydrogens (tertiary/aromatic N) is 3. The smallest absolute Gasteiger partial charge is 0.136 e. The quantitative estimate of drug-likeness (QED) is 0.563. The molecule has 1 fully saturated rings. The third kappa shape index (κ3) is 4.88. The van der Waals surface area contributed by atoms with Gasteiger partial charge in [0, 0.05) is 32.7 Å². The van der Waals surface area contributed by atoms with Crippen LogP contribution >= 0.6 is 35.3 Å². The highest BCUT2D eigenvalue weighted by atomic mass is 32.2. The zero-order chi connectivity index (χ0) is 18.6. The second-order valence-corrected chi connectivity index (χ2v) is 9.60. The van der Waals surface area contributed by atoms with Gasteiger partial charge >= 0.3 is 0 Å². The minimum Gasteiger partial charge on any atom is -0.355 e. The van der Waals surface area contributed by atoms with Crippen LogP contribution in [0.3, 0.4) is 0 Å². The Hall–Kier alpha value is -1.47. The van der Waals surface area contributed by atoms with Crippen molar-refractivity contribution in [3.05, 3.63) is 64.7 Å². The third-order valence-corrected chi connectivity index (χ3v) is 7.57. The number of para-hydroxylation sites is 1. The van der Waals surface area contributed by atoms with Crippen molar-refractivity contribution in [2.75, 3.05) is 26.2 Å². The number of thiazole rings is 1. The van der Waals surface area contributed by atoms with Crippen molar-refractivity contribution in [2.45, 2.75) is 19.2 Å². The Morgan fingerprint density at radius 3 is 2.56 bits per heavy atom. The van der Waals surface area contributed by atoms with Gasteiger partial charge in [-0.1, -0.05) is 65.9 Å². The molecule has 0 spiro atoms. The molecule has 1 aromatic heterocycles. The highest BCUT2D eigenvalue weighted by Crippen LogP contribution is 2.26. The maximum absolute atomic E-state index is 5.68. The molecule has 0 radical (unpaired) electrons. The summed E-state index contributed by atoms with van der Waals surface area (Å²) < 4.78 is 2.26. The second-order valence-electron chi connectivity index (χ2n) is 6.88. The molecule has 3 nitrogen and oxygen atoms in total. The average molecular weight is 414 g/mol. The molecule has 1 aliphatic heterocycles. The van der Waals surface area contributed by atoms with Crippen LogP contribution in [-0.4, -0.2) is 45.3 Å². The maximum Gasteiger partial charge on any atom is 0.136 e. The van der Waals surface area contributed by atoms with E-state index in [4.69, 9.17) is 17.2 Å². The molecular formula is C21H23N3S3. The van der Waals surface area contributed by atoms with Crippen molar-refractivity contribution in [2.24, 2.45) is 0 Å². The summed E-state index contributed by atoms with van der Waals surface area (Å²) in [7, 11) is 0. The zero-order valence-corrected chi connectivity index (χ0v) is 17.9. The van der Waals surface area contributed by atoms with Gasteiger partial charge < -0.3 is 4.90 Å². The molecule has 2 aromatic carbocycles. The number of benzene rings is 2. The topological polar surface area (TPSA) is 19.4 Å². The molecule has 27 heavy (non-hydrogen) atoms. The van der Waals surface area contributed by atoms with Gasteiger partial charge in [0.05, 0.1) is 16.0 Å². The Labute approximate surface area is 174 Å². The van der Waals surface area contributed by atoms with Gasteiger partial charge in [-0.15, -0.1) is 11.3 Å². The lowest BCUT2D eigenvalue weighted by Gasteiger charge is -2.35. The van der Waals surface area contributed by atoms with E-state index in [1.165, 1.54) is 15.8 Å². The molecule has 0 unspecified atom stereocenters. The molecule has 1 saturated heterocycles. The van der Waals surface area contributed by atoms with Crippen LogP contribution in [0, 0.1) is 6.92 Å². The zero-order valence-electron chi connectivity index (χ0n) is 15.4. The van der Waals surface area contributed by atoms with E-state index in [0.717, 1.165) is 53.3 Å². The van der Waals surface area contributed by atoms with Crippen LogP contribution in [0.5, 0.6) is 0 Å². The van der Waals surface area contributed by atoms with Crippen molar-refractivity contribution < 1.29 is 0 Å². The normalized spacial score (nSPS) is 15.4. The number of fused-ring (bicyclic) bond motifs is 1. The van der Waals surface area contributed by atoms with Crippen LogP contribution in [-0.2, 0) is 12.3 Å². The first kappa shape index (κ1) is 18.9. The predicted octanol–water partition coefficient (Wildman–Crippen LogP) is 4.94. The maximum atomic E-state index is 5.68. The number of thiocarbonyl (C=S) groups is 1. The molecule has 3 aromatic rings. The average Bonchev–Trinajstić information content (AvgIpc) is 3.11. The third-order valence-electron chi connectivity index (χ3n) is 4.81. The Bertz CT molecular complexity index is 879. The van der Waals surface area contributed by atoms with Gasteiger partial charge in [-0.05, 0) is 24.6 Å². The SMILES string of the molecule is Cc1ccc(CN2CCN(C(=S)SCc3nc4ccccc4s3)CC2)cc1. The fraction of sp³-hybridized carbons (Fsp3) is 0.333. The first-order chi connectivity index (χ1) is 13.2. The van der Waals surface area contributed by atoms with Gasteiger partial charge in [-0.2, -0.15) is 0 Å². The summed E-state index contributed by atoms with van der Waals surface area (Å²) in [6, 6.07) is 17.2. The van der Waals surface area contributed by atoms with Crippen molar-refractivity contribution in [1.29, 1.82) is 0 Å². The van der Waals surface area contributed by atoms with Gasteiger partial charge in [0.15, 0.2) is 0 Å². The number of aromatic nitrogens is 1. The molecule has 140 valence electrons. The summed E-state index contributed by atoms with van der Waals surface area (Å²) in [5.41, 5.74) is 3.80. The Kier molecular flexibility index (Phi) is 6.08. The number of thioether (sulfide) groups is 1. The number of hydrogen-bond acceptors (Lipinski definition) is 5. The van der Waals surface area contributed by atoms with Gasteiger partial charge in [-0.25, -0.2) is 4.98 Å². The van der Waals surface area contributed by atoms with Crippen molar-refractivity contribution in [3.63, 3.8) is 0 Å². The fourth-order valence-electron chi connectivity index (χ4n) is 3.24. The van der Waals surface area contributed by atoms with E-state index in [-0.39, 0.29) is 0 Å².